The van der Waals surface area contributed by atoms with Crippen molar-refractivity contribution in [2.24, 2.45) is 0 Å². The lowest BCUT2D eigenvalue weighted by molar-refractivity contribution is -0.137. The third-order valence-electron chi connectivity index (χ3n) is 5.18. The second-order valence-electron chi connectivity index (χ2n) is 7.32. The number of rotatable bonds is 6. The predicted octanol–water partition coefficient (Wildman–Crippen LogP) is 2.65. The summed E-state index contributed by atoms with van der Waals surface area (Å²) in [5, 5.41) is 0. The first kappa shape index (κ1) is 20.9. The van der Waals surface area contributed by atoms with E-state index in [2.05, 4.69) is 4.90 Å². The highest BCUT2D eigenvalue weighted by molar-refractivity contribution is 5.94. The van der Waals surface area contributed by atoms with Crippen molar-refractivity contribution in [2.75, 3.05) is 44.7 Å². The van der Waals surface area contributed by atoms with Crippen LogP contribution in [0.5, 0.6) is 5.75 Å². The van der Waals surface area contributed by atoms with Crippen molar-refractivity contribution >= 4 is 17.5 Å². The number of para-hydroxylation sites is 2. The average molecular weight is 396 g/mol. The first-order valence-electron chi connectivity index (χ1n) is 10.1. The molecule has 154 valence electrons. The standard InChI is InChI=1S/C23H29N3O3/c1-19(29-21-12-7-4-8-13-21)23(28)26-15-9-14-25(16-17-26)18-22(27)24(2)20-10-5-3-6-11-20/h3-8,10-13,19H,9,14-18H2,1-2H3. The van der Waals surface area contributed by atoms with Gasteiger partial charge < -0.3 is 14.5 Å². The Morgan fingerprint density at radius 2 is 1.62 bits per heavy atom. The maximum atomic E-state index is 12.8. The van der Waals surface area contributed by atoms with E-state index in [0.29, 0.717) is 31.9 Å². The molecule has 1 unspecified atom stereocenters. The minimum absolute atomic E-state index is 0.0107. The molecule has 2 aromatic carbocycles. The van der Waals surface area contributed by atoms with Gasteiger partial charge in [-0.3, -0.25) is 14.5 Å². The van der Waals surface area contributed by atoms with Crippen LogP contribution < -0.4 is 9.64 Å². The largest absolute Gasteiger partial charge is 0.481 e. The third-order valence-corrected chi connectivity index (χ3v) is 5.18. The molecule has 6 heteroatoms. The first-order chi connectivity index (χ1) is 14.0. The number of anilines is 1. The maximum Gasteiger partial charge on any atom is 0.263 e. The fourth-order valence-corrected chi connectivity index (χ4v) is 3.45. The Labute approximate surface area is 172 Å². The van der Waals surface area contributed by atoms with E-state index in [4.69, 9.17) is 4.74 Å². The van der Waals surface area contributed by atoms with Crippen LogP contribution in [0.15, 0.2) is 60.7 Å². The number of ether oxygens (including phenoxy) is 1. The summed E-state index contributed by atoms with van der Waals surface area (Å²) in [4.78, 5) is 31.1. The Morgan fingerprint density at radius 3 is 2.31 bits per heavy atom. The highest BCUT2D eigenvalue weighted by Gasteiger charge is 2.25. The minimum atomic E-state index is -0.533. The van der Waals surface area contributed by atoms with Gasteiger partial charge in [0.15, 0.2) is 6.10 Å². The van der Waals surface area contributed by atoms with Gasteiger partial charge in [-0.15, -0.1) is 0 Å². The number of hydrogen-bond donors (Lipinski definition) is 0. The van der Waals surface area contributed by atoms with Crippen LogP contribution in [0.3, 0.4) is 0 Å². The van der Waals surface area contributed by atoms with Crippen molar-refractivity contribution in [2.45, 2.75) is 19.4 Å². The van der Waals surface area contributed by atoms with Crippen LogP contribution in [0.4, 0.5) is 5.69 Å². The molecule has 0 spiro atoms. The summed E-state index contributed by atoms with van der Waals surface area (Å²) in [6.45, 7) is 4.90. The van der Waals surface area contributed by atoms with Gasteiger partial charge in [0, 0.05) is 38.9 Å². The molecular weight excluding hydrogens is 366 g/mol. The van der Waals surface area contributed by atoms with E-state index in [1.807, 2.05) is 65.6 Å². The van der Waals surface area contributed by atoms with Gasteiger partial charge in [0.2, 0.25) is 5.91 Å². The minimum Gasteiger partial charge on any atom is -0.481 e. The van der Waals surface area contributed by atoms with Crippen molar-refractivity contribution in [3.63, 3.8) is 0 Å². The van der Waals surface area contributed by atoms with Gasteiger partial charge in [-0.2, -0.15) is 0 Å². The fourth-order valence-electron chi connectivity index (χ4n) is 3.45. The molecule has 3 rings (SSSR count). The summed E-state index contributed by atoms with van der Waals surface area (Å²) < 4.78 is 5.78. The Kier molecular flexibility index (Phi) is 7.25. The summed E-state index contributed by atoms with van der Waals surface area (Å²) in [7, 11) is 1.80. The monoisotopic (exact) mass is 395 g/mol. The predicted molar refractivity (Wildman–Crippen MR) is 114 cm³/mol. The molecule has 0 bridgehead atoms. The number of amides is 2. The van der Waals surface area contributed by atoms with E-state index in [-0.39, 0.29) is 11.8 Å². The van der Waals surface area contributed by atoms with Crippen molar-refractivity contribution in [1.29, 1.82) is 0 Å². The summed E-state index contributed by atoms with van der Waals surface area (Å²) in [5.41, 5.74) is 0.885. The Hall–Kier alpha value is -2.86. The molecule has 2 aromatic rings. The average Bonchev–Trinajstić information content (AvgIpc) is 2.99. The smallest absolute Gasteiger partial charge is 0.263 e. The number of carbonyl (C=O) groups excluding carboxylic acids is 2. The molecule has 2 amide bonds. The first-order valence-corrected chi connectivity index (χ1v) is 10.1. The van der Waals surface area contributed by atoms with Crippen molar-refractivity contribution in [1.82, 2.24) is 9.80 Å². The van der Waals surface area contributed by atoms with Crippen molar-refractivity contribution < 1.29 is 14.3 Å². The Bertz CT molecular complexity index is 798. The number of likely N-dealkylation sites (N-methyl/N-ethyl adjacent to an activating group) is 1. The van der Waals surface area contributed by atoms with E-state index < -0.39 is 6.10 Å². The van der Waals surface area contributed by atoms with Crippen LogP contribution in [0.1, 0.15) is 13.3 Å². The molecule has 0 aromatic heterocycles. The zero-order valence-corrected chi connectivity index (χ0v) is 17.2. The summed E-state index contributed by atoms with van der Waals surface area (Å²) in [6, 6.07) is 19.0. The molecule has 1 fully saturated rings. The molecule has 0 radical (unpaired) electrons. The van der Waals surface area contributed by atoms with Crippen LogP contribution in [0, 0.1) is 0 Å². The number of benzene rings is 2. The van der Waals surface area contributed by atoms with Crippen LogP contribution in [-0.2, 0) is 9.59 Å². The third kappa shape index (κ3) is 5.81. The van der Waals surface area contributed by atoms with Gasteiger partial charge in [-0.05, 0) is 37.6 Å². The summed E-state index contributed by atoms with van der Waals surface area (Å²) in [5.74, 6) is 0.736. The van der Waals surface area contributed by atoms with Crippen LogP contribution in [-0.4, -0.2) is 67.5 Å². The second kappa shape index (κ2) is 10.1. The zero-order valence-electron chi connectivity index (χ0n) is 17.2. The van der Waals surface area contributed by atoms with E-state index >= 15 is 0 Å². The molecule has 0 saturated carbocycles. The number of hydrogen-bond acceptors (Lipinski definition) is 4. The summed E-state index contributed by atoms with van der Waals surface area (Å²) in [6.07, 6.45) is 0.307. The van der Waals surface area contributed by atoms with Crippen molar-refractivity contribution in [3.05, 3.63) is 60.7 Å². The fraction of sp³-hybridized carbons (Fsp3) is 0.391. The van der Waals surface area contributed by atoms with Gasteiger partial charge in [0.1, 0.15) is 5.75 Å². The van der Waals surface area contributed by atoms with E-state index in [9.17, 15) is 9.59 Å². The van der Waals surface area contributed by atoms with E-state index in [0.717, 1.165) is 18.7 Å². The topological polar surface area (TPSA) is 53.1 Å². The molecule has 1 heterocycles. The lowest BCUT2D eigenvalue weighted by atomic mass is 10.3. The zero-order chi connectivity index (χ0) is 20.6. The normalized spacial score (nSPS) is 16.0. The molecule has 0 N–H and O–H groups in total. The quantitative estimate of drug-likeness (QED) is 0.755. The number of nitrogens with zero attached hydrogens (tertiary/aromatic N) is 3. The van der Waals surface area contributed by atoms with E-state index in [1.165, 1.54) is 0 Å². The molecule has 1 saturated heterocycles. The lowest BCUT2D eigenvalue weighted by Crippen LogP contribution is -2.43. The van der Waals surface area contributed by atoms with E-state index in [1.54, 1.807) is 18.9 Å². The SMILES string of the molecule is CC(Oc1ccccc1)C(=O)N1CCCN(CC(=O)N(C)c2ccccc2)CC1. The molecule has 1 aliphatic heterocycles. The molecule has 0 aliphatic carbocycles. The van der Waals surface area contributed by atoms with Gasteiger partial charge in [0.05, 0.1) is 6.54 Å². The Balaban J connectivity index is 1.50. The highest BCUT2D eigenvalue weighted by atomic mass is 16.5. The highest BCUT2D eigenvalue weighted by Crippen LogP contribution is 2.14. The molecule has 1 aliphatic rings. The van der Waals surface area contributed by atoms with Gasteiger partial charge >= 0.3 is 0 Å². The molecular formula is C23H29N3O3. The second-order valence-corrected chi connectivity index (χ2v) is 7.32. The maximum absolute atomic E-state index is 12.8. The van der Waals surface area contributed by atoms with Crippen LogP contribution in [0.25, 0.3) is 0 Å². The molecule has 6 nitrogen and oxygen atoms in total. The van der Waals surface area contributed by atoms with Crippen LogP contribution >= 0.6 is 0 Å². The Morgan fingerprint density at radius 1 is 0.966 bits per heavy atom. The van der Waals surface area contributed by atoms with Gasteiger partial charge in [-0.25, -0.2) is 0 Å². The van der Waals surface area contributed by atoms with Gasteiger partial charge in [-0.1, -0.05) is 36.4 Å². The molecule has 1 atom stereocenters. The number of carbonyl (C=O) groups is 2. The lowest BCUT2D eigenvalue weighted by Gasteiger charge is -2.26. The van der Waals surface area contributed by atoms with Crippen LogP contribution in [0.2, 0.25) is 0 Å². The van der Waals surface area contributed by atoms with Gasteiger partial charge in [0.25, 0.3) is 5.91 Å². The van der Waals surface area contributed by atoms with Crippen molar-refractivity contribution in [3.8, 4) is 5.75 Å². The molecule has 29 heavy (non-hydrogen) atoms. The summed E-state index contributed by atoms with van der Waals surface area (Å²) >= 11 is 0.